The monoisotopic (exact) mass is 306 g/mol. The van der Waals surface area contributed by atoms with Crippen molar-refractivity contribution in [1.82, 2.24) is 10.2 Å². The number of piperidine rings is 1. The molecule has 0 spiro atoms. The summed E-state index contributed by atoms with van der Waals surface area (Å²) in [7, 11) is 1.95. The van der Waals surface area contributed by atoms with Gasteiger partial charge >= 0.3 is 6.18 Å². The molecule has 1 saturated carbocycles. The quantitative estimate of drug-likeness (QED) is 0.849. The van der Waals surface area contributed by atoms with E-state index in [2.05, 4.69) is 17.1 Å². The molecule has 1 aliphatic heterocycles. The number of likely N-dealkylation sites (N-methyl/N-ethyl adjacent to an activating group) is 1. The fourth-order valence-electron chi connectivity index (χ4n) is 4.22. The molecule has 1 N–H and O–H groups in total. The minimum Gasteiger partial charge on any atom is -0.315 e. The van der Waals surface area contributed by atoms with Crippen LogP contribution in [0.25, 0.3) is 0 Å². The molecule has 21 heavy (non-hydrogen) atoms. The highest BCUT2D eigenvalue weighted by Crippen LogP contribution is 2.37. The summed E-state index contributed by atoms with van der Waals surface area (Å²) in [6.45, 7) is 3.22. The van der Waals surface area contributed by atoms with Gasteiger partial charge in [0.1, 0.15) is 0 Å². The van der Waals surface area contributed by atoms with Gasteiger partial charge < -0.3 is 5.32 Å². The zero-order valence-electron chi connectivity index (χ0n) is 13.3. The van der Waals surface area contributed by atoms with Gasteiger partial charge in [-0.15, -0.1) is 0 Å². The predicted molar refractivity (Wildman–Crippen MR) is 79.2 cm³/mol. The number of alkyl halides is 3. The van der Waals surface area contributed by atoms with Gasteiger partial charge in [-0.25, -0.2) is 0 Å². The standard InChI is InChI=1S/C16H29F3N2/c1-3-5-12-7-8-14(20-2)15(10-12)21-9-4-6-13(11-21)16(17,18)19/h12-15,20H,3-11H2,1-2H3. The molecule has 0 aromatic carbocycles. The molecule has 0 aromatic rings. The summed E-state index contributed by atoms with van der Waals surface area (Å²) < 4.78 is 39.0. The molecule has 0 amide bonds. The lowest BCUT2D eigenvalue weighted by molar-refractivity contribution is -0.189. The van der Waals surface area contributed by atoms with E-state index in [9.17, 15) is 13.2 Å². The van der Waals surface area contributed by atoms with Crippen LogP contribution in [0, 0.1) is 11.8 Å². The molecule has 2 fully saturated rings. The molecule has 0 aromatic heterocycles. The predicted octanol–water partition coefficient (Wildman–Crippen LogP) is 3.82. The summed E-state index contributed by atoms with van der Waals surface area (Å²) in [6, 6.07) is 0.635. The molecule has 1 saturated heterocycles. The molecule has 4 unspecified atom stereocenters. The van der Waals surface area contributed by atoms with Gasteiger partial charge in [-0.2, -0.15) is 13.2 Å². The smallest absolute Gasteiger partial charge is 0.315 e. The van der Waals surface area contributed by atoms with Crippen molar-refractivity contribution < 1.29 is 13.2 Å². The highest BCUT2D eigenvalue weighted by atomic mass is 19.4. The van der Waals surface area contributed by atoms with Crippen LogP contribution in [0.5, 0.6) is 0 Å². The third-order valence-electron chi connectivity index (χ3n) is 5.38. The topological polar surface area (TPSA) is 15.3 Å². The number of halogens is 3. The Morgan fingerprint density at radius 3 is 2.57 bits per heavy atom. The van der Waals surface area contributed by atoms with E-state index in [-0.39, 0.29) is 12.6 Å². The lowest BCUT2D eigenvalue weighted by Crippen LogP contribution is -2.56. The van der Waals surface area contributed by atoms with Crippen LogP contribution >= 0.6 is 0 Å². The third kappa shape index (κ3) is 4.35. The van der Waals surface area contributed by atoms with Crippen LogP contribution in [0.1, 0.15) is 51.9 Å². The first-order valence-corrected chi connectivity index (χ1v) is 8.43. The molecule has 0 bridgehead atoms. The highest BCUT2D eigenvalue weighted by Gasteiger charge is 2.44. The van der Waals surface area contributed by atoms with E-state index in [1.54, 1.807) is 0 Å². The number of hydrogen-bond acceptors (Lipinski definition) is 2. The zero-order valence-corrected chi connectivity index (χ0v) is 13.3. The summed E-state index contributed by atoms with van der Waals surface area (Å²) in [5.74, 6) is -0.439. The fraction of sp³-hybridized carbons (Fsp3) is 1.00. The molecular formula is C16H29F3N2. The minimum atomic E-state index is -4.04. The maximum Gasteiger partial charge on any atom is 0.393 e. The van der Waals surface area contributed by atoms with Crippen molar-refractivity contribution in [2.75, 3.05) is 20.1 Å². The lowest BCUT2D eigenvalue weighted by Gasteiger charge is -2.46. The highest BCUT2D eigenvalue weighted by molar-refractivity contribution is 4.93. The van der Waals surface area contributed by atoms with Crippen molar-refractivity contribution in [3.8, 4) is 0 Å². The van der Waals surface area contributed by atoms with Crippen molar-refractivity contribution in [1.29, 1.82) is 0 Å². The summed E-state index contributed by atoms with van der Waals surface area (Å²) in [6.07, 6.45) is 2.70. The van der Waals surface area contributed by atoms with Gasteiger partial charge in [-0.1, -0.05) is 19.8 Å². The molecule has 4 atom stereocenters. The Bertz CT molecular complexity index is 319. The Kier molecular flexibility index (Phi) is 5.95. The molecule has 1 heterocycles. The van der Waals surface area contributed by atoms with Crippen LogP contribution in [-0.4, -0.2) is 43.3 Å². The summed E-state index contributed by atoms with van der Waals surface area (Å²) in [5.41, 5.74) is 0. The van der Waals surface area contributed by atoms with Gasteiger partial charge in [0.05, 0.1) is 5.92 Å². The fourth-order valence-corrected chi connectivity index (χ4v) is 4.22. The average Bonchev–Trinajstić information content (AvgIpc) is 2.47. The molecule has 2 aliphatic rings. The summed E-state index contributed by atoms with van der Waals surface area (Å²) >= 11 is 0. The van der Waals surface area contributed by atoms with E-state index in [0.717, 1.165) is 19.4 Å². The molecule has 1 aliphatic carbocycles. The minimum absolute atomic E-state index is 0.200. The zero-order chi connectivity index (χ0) is 15.5. The second-order valence-electron chi connectivity index (χ2n) is 6.81. The van der Waals surface area contributed by atoms with Crippen LogP contribution in [0.15, 0.2) is 0 Å². The van der Waals surface area contributed by atoms with Crippen LogP contribution in [0.3, 0.4) is 0 Å². The maximum atomic E-state index is 13.0. The normalized spacial score (nSPS) is 35.9. The van der Waals surface area contributed by atoms with E-state index in [0.29, 0.717) is 24.8 Å². The largest absolute Gasteiger partial charge is 0.393 e. The van der Waals surface area contributed by atoms with E-state index in [1.807, 2.05) is 7.05 Å². The van der Waals surface area contributed by atoms with Gasteiger partial charge in [-0.05, 0) is 51.6 Å². The van der Waals surface area contributed by atoms with Crippen molar-refractivity contribution >= 4 is 0 Å². The molecule has 2 nitrogen and oxygen atoms in total. The number of rotatable bonds is 4. The first-order chi connectivity index (χ1) is 9.95. The molecule has 124 valence electrons. The summed E-state index contributed by atoms with van der Waals surface area (Å²) in [4.78, 5) is 2.13. The Balaban J connectivity index is 2.02. The third-order valence-corrected chi connectivity index (χ3v) is 5.38. The van der Waals surface area contributed by atoms with Crippen LogP contribution < -0.4 is 5.32 Å². The van der Waals surface area contributed by atoms with E-state index >= 15 is 0 Å². The van der Waals surface area contributed by atoms with Crippen molar-refractivity contribution in [3.63, 3.8) is 0 Å². The lowest BCUT2D eigenvalue weighted by atomic mass is 9.78. The Hall–Kier alpha value is -0.290. The van der Waals surface area contributed by atoms with Crippen LogP contribution in [-0.2, 0) is 0 Å². The van der Waals surface area contributed by atoms with Gasteiger partial charge in [0.2, 0.25) is 0 Å². The molecule has 0 radical (unpaired) electrons. The van der Waals surface area contributed by atoms with Gasteiger partial charge in [0.15, 0.2) is 0 Å². The summed E-state index contributed by atoms with van der Waals surface area (Å²) in [5, 5.41) is 3.34. The van der Waals surface area contributed by atoms with E-state index in [4.69, 9.17) is 0 Å². The Labute approximate surface area is 126 Å². The van der Waals surface area contributed by atoms with Gasteiger partial charge in [-0.3, -0.25) is 4.90 Å². The maximum absolute atomic E-state index is 13.0. The van der Waals surface area contributed by atoms with Gasteiger partial charge in [0, 0.05) is 18.6 Å². The van der Waals surface area contributed by atoms with Crippen molar-refractivity contribution in [2.45, 2.75) is 70.1 Å². The SMILES string of the molecule is CCCC1CCC(NC)C(N2CCCC(C(F)(F)F)C2)C1. The first kappa shape index (κ1) is 17.1. The van der Waals surface area contributed by atoms with Crippen LogP contribution in [0.2, 0.25) is 0 Å². The second-order valence-corrected chi connectivity index (χ2v) is 6.81. The van der Waals surface area contributed by atoms with Crippen molar-refractivity contribution in [3.05, 3.63) is 0 Å². The van der Waals surface area contributed by atoms with E-state index in [1.165, 1.54) is 19.3 Å². The number of likely N-dealkylation sites (tertiary alicyclic amines) is 1. The molecule has 2 rings (SSSR count). The molecular weight excluding hydrogens is 277 g/mol. The number of hydrogen-bond donors (Lipinski definition) is 1. The Morgan fingerprint density at radius 1 is 1.19 bits per heavy atom. The van der Waals surface area contributed by atoms with Crippen molar-refractivity contribution in [2.24, 2.45) is 11.8 Å². The van der Waals surface area contributed by atoms with E-state index < -0.39 is 12.1 Å². The molecule has 5 heteroatoms. The van der Waals surface area contributed by atoms with Crippen LogP contribution in [0.4, 0.5) is 13.2 Å². The second kappa shape index (κ2) is 7.32. The number of nitrogens with zero attached hydrogens (tertiary/aromatic N) is 1. The van der Waals surface area contributed by atoms with Gasteiger partial charge in [0.25, 0.3) is 0 Å². The average molecular weight is 306 g/mol. The number of nitrogens with one attached hydrogen (secondary N) is 1. The Morgan fingerprint density at radius 2 is 1.95 bits per heavy atom. The first-order valence-electron chi connectivity index (χ1n) is 8.43.